The van der Waals surface area contributed by atoms with E-state index in [0.29, 0.717) is 22.4 Å². The Bertz CT molecular complexity index is 1250. The average molecular weight is 469 g/mol. The lowest BCUT2D eigenvalue weighted by Gasteiger charge is -2.29. The summed E-state index contributed by atoms with van der Waals surface area (Å²) >= 11 is 0. The molecule has 3 aromatic rings. The molecule has 0 N–H and O–H groups in total. The van der Waals surface area contributed by atoms with Crippen molar-refractivity contribution in [2.24, 2.45) is 7.05 Å². The van der Waals surface area contributed by atoms with E-state index in [4.69, 9.17) is 4.74 Å². The molecule has 0 bridgehead atoms. The van der Waals surface area contributed by atoms with Crippen LogP contribution >= 0.6 is 0 Å². The highest BCUT2D eigenvalue weighted by Gasteiger charge is 2.33. The van der Waals surface area contributed by atoms with Gasteiger partial charge in [-0.25, -0.2) is 13.6 Å². The summed E-state index contributed by atoms with van der Waals surface area (Å²) in [5, 5.41) is 0. The summed E-state index contributed by atoms with van der Waals surface area (Å²) in [5.41, 5.74) is 2.24. The molecule has 1 aromatic heterocycles. The van der Waals surface area contributed by atoms with Gasteiger partial charge in [0.05, 0.1) is 13.2 Å². The summed E-state index contributed by atoms with van der Waals surface area (Å²) < 4.78 is 33.7. The molecule has 1 unspecified atom stereocenters. The van der Waals surface area contributed by atoms with E-state index in [0.717, 1.165) is 6.07 Å². The van der Waals surface area contributed by atoms with Gasteiger partial charge in [0.1, 0.15) is 17.3 Å². The highest BCUT2D eigenvalue weighted by atomic mass is 19.1. The number of hydrogen-bond acceptors (Lipinski definition) is 4. The first-order chi connectivity index (χ1) is 16.1. The Kier molecular flexibility index (Phi) is 7.29. The first-order valence-electron chi connectivity index (χ1n) is 10.7. The molecule has 8 heteroatoms. The highest BCUT2D eigenvalue weighted by molar-refractivity contribution is 6.07. The van der Waals surface area contributed by atoms with Crippen molar-refractivity contribution in [2.45, 2.75) is 33.4 Å². The minimum Gasteiger partial charge on any atom is -0.464 e. The quantitative estimate of drug-likeness (QED) is 0.375. The largest absolute Gasteiger partial charge is 0.464 e. The number of nitrogens with zero attached hydrogens (tertiary/aromatic N) is 2. The number of aromatic nitrogens is 1. The van der Waals surface area contributed by atoms with Crippen LogP contribution in [0.5, 0.6) is 0 Å². The first kappa shape index (κ1) is 24.8. The number of halogens is 2. The fraction of sp³-hybridized carbons (Fsp3) is 0.269. The minimum absolute atomic E-state index is 0.00266. The van der Waals surface area contributed by atoms with Crippen LogP contribution in [0.25, 0.3) is 0 Å². The number of ether oxygens (including phenoxy) is 1. The third-order valence-corrected chi connectivity index (χ3v) is 6.00. The molecule has 0 fully saturated rings. The van der Waals surface area contributed by atoms with Gasteiger partial charge in [-0.15, -0.1) is 0 Å². The van der Waals surface area contributed by atoms with Crippen LogP contribution in [0.1, 0.15) is 54.9 Å². The van der Waals surface area contributed by atoms with E-state index in [1.807, 2.05) is 0 Å². The third kappa shape index (κ3) is 4.76. The maximum Gasteiger partial charge on any atom is 0.354 e. The summed E-state index contributed by atoms with van der Waals surface area (Å²) in [6, 6.07) is 9.81. The number of benzene rings is 2. The summed E-state index contributed by atoms with van der Waals surface area (Å²) in [6.45, 7) is 4.93. The van der Waals surface area contributed by atoms with E-state index in [-0.39, 0.29) is 23.6 Å². The number of carbonyl (C=O) groups excluding carboxylic acids is 3. The molecule has 6 nitrogen and oxygen atoms in total. The van der Waals surface area contributed by atoms with Crippen molar-refractivity contribution in [2.75, 3.05) is 7.11 Å². The van der Waals surface area contributed by atoms with E-state index in [1.54, 1.807) is 32.4 Å². The van der Waals surface area contributed by atoms with Crippen molar-refractivity contribution < 1.29 is 27.9 Å². The molecule has 1 heterocycles. The predicted octanol–water partition coefficient (Wildman–Crippen LogP) is 4.62. The van der Waals surface area contributed by atoms with Crippen molar-refractivity contribution in [1.29, 1.82) is 0 Å². The van der Waals surface area contributed by atoms with Crippen LogP contribution in [0, 0.1) is 25.5 Å². The Labute approximate surface area is 196 Å². The van der Waals surface area contributed by atoms with Gasteiger partial charge in [0.15, 0.2) is 5.78 Å². The molecule has 3 rings (SSSR count). The topological polar surface area (TPSA) is 68.6 Å². The molecule has 0 radical (unpaired) electrons. The number of esters is 1. The predicted molar refractivity (Wildman–Crippen MR) is 123 cm³/mol. The Balaban J connectivity index is 2.05. The SMILES string of the molecule is COC(=O)c1c(C)c(C(=O)C(C)N(Cc2ccc(F)cc2)C(=O)c2cccc(F)c2)c(C)n1C. The number of carbonyl (C=O) groups is 3. The minimum atomic E-state index is -0.967. The first-order valence-corrected chi connectivity index (χ1v) is 10.7. The fourth-order valence-corrected chi connectivity index (χ4v) is 4.04. The summed E-state index contributed by atoms with van der Waals surface area (Å²) in [6.07, 6.45) is 0. The Morgan fingerprint density at radius 1 is 1.03 bits per heavy atom. The summed E-state index contributed by atoms with van der Waals surface area (Å²) in [4.78, 5) is 40.6. The van der Waals surface area contributed by atoms with Gasteiger partial charge in [-0.3, -0.25) is 9.59 Å². The maximum atomic E-state index is 13.8. The van der Waals surface area contributed by atoms with Crippen molar-refractivity contribution in [3.63, 3.8) is 0 Å². The van der Waals surface area contributed by atoms with E-state index in [1.165, 1.54) is 54.5 Å². The Morgan fingerprint density at radius 3 is 2.26 bits per heavy atom. The molecule has 0 saturated carbocycles. The van der Waals surface area contributed by atoms with Crippen LogP contribution < -0.4 is 0 Å². The van der Waals surface area contributed by atoms with Gasteiger partial charge in [-0.2, -0.15) is 0 Å². The van der Waals surface area contributed by atoms with Gasteiger partial charge in [0.2, 0.25) is 0 Å². The lowest BCUT2D eigenvalue weighted by molar-refractivity contribution is 0.0587. The number of Topliss-reactive ketones (excluding diaryl/α,β-unsaturated/α-hetero) is 1. The van der Waals surface area contributed by atoms with Gasteiger partial charge in [0, 0.05) is 30.4 Å². The average Bonchev–Trinajstić information content (AvgIpc) is 3.04. The zero-order chi connectivity index (χ0) is 25.2. The van der Waals surface area contributed by atoms with Crippen LogP contribution in [-0.4, -0.2) is 40.3 Å². The molecule has 1 amide bonds. The summed E-state index contributed by atoms with van der Waals surface area (Å²) in [5.74, 6) is -2.52. The molecule has 34 heavy (non-hydrogen) atoms. The lowest BCUT2D eigenvalue weighted by Crippen LogP contribution is -2.43. The normalized spacial score (nSPS) is 11.7. The second-order valence-corrected chi connectivity index (χ2v) is 8.09. The van der Waals surface area contributed by atoms with E-state index >= 15 is 0 Å². The highest BCUT2D eigenvalue weighted by Crippen LogP contribution is 2.26. The van der Waals surface area contributed by atoms with E-state index in [2.05, 4.69) is 0 Å². The smallest absolute Gasteiger partial charge is 0.354 e. The van der Waals surface area contributed by atoms with Gasteiger partial charge in [-0.1, -0.05) is 18.2 Å². The summed E-state index contributed by atoms with van der Waals surface area (Å²) in [7, 11) is 2.92. The van der Waals surface area contributed by atoms with E-state index < -0.39 is 29.6 Å². The molecular formula is C26H26F2N2O4. The molecule has 0 aliphatic heterocycles. The molecule has 0 saturated heterocycles. The second-order valence-electron chi connectivity index (χ2n) is 8.09. The van der Waals surface area contributed by atoms with Gasteiger partial charge in [0.25, 0.3) is 5.91 Å². The number of ketones is 1. The molecule has 0 spiro atoms. The van der Waals surface area contributed by atoms with Crippen molar-refractivity contribution in [1.82, 2.24) is 9.47 Å². The molecular weight excluding hydrogens is 442 g/mol. The Hall–Kier alpha value is -3.81. The standard InChI is InChI=1S/C26H26F2N2O4/c1-15-22(16(2)29(4)23(15)26(33)34-5)24(31)17(3)30(14-18-9-11-20(27)12-10-18)25(32)19-7-6-8-21(28)13-19/h6-13,17H,14H2,1-5H3. The number of amides is 1. The van der Waals surface area contributed by atoms with E-state index in [9.17, 15) is 23.2 Å². The molecule has 0 aliphatic rings. The Morgan fingerprint density at radius 2 is 1.68 bits per heavy atom. The van der Waals surface area contributed by atoms with Crippen LogP contribution in [0.4, 0.5) is 8.78 Å². The lowest BCUT2D eigenvalue weighted by atomic mass is 9.98. The number of methoxy groups -OCH3 is 1. The van der Waals surface area contributed by atoms with Gasteiger partial charge >= 0.3 is 5.97 Å². The zero-order valence-electron chi connectivity index (χ0n) is 19.7. The number of hydrogen-bond donors (Lipinski definition) is 0. The zero-order valence-corrected chi connectivity index (χ0v) is 19.7. The molecule has 0 aliphatic carbocycles. The second kappa shape index (κ2) is 9.99. The van der Waals surface area contributed by atoms with Crippen LogP contribution in [0.3, 0.4) is 0 Å². The molecule has 178 valence electrons. The van der Waals surface area contributed by atoms with Crippen molar-refractivity contribution in [3.05, 3.63) is 93.8 Å². The maximum absolute atomic E-state index is 13.8. The molecule has 2 aromatic carbocycles. The molecule has 1 atom stereocenters. The van der Waals surface area contributed by atoms with Crippen LogP contribution in [-0.2, 0) is 18.3 Å². The third-order valence-electron chi connectivity index (χ3n) is 6.00. The monoisotopic (exact) mass is 468 g/mol. The van der Waals surface area contributed by atoms with Crippen molar-refractivity contribution >= 4 is 17.7 Å². The van der Waals surface area contributed by atoms with Crippen molar-refractivity contribution in [3.8, 4) is 0 Å². The van der Waals surface area contributed by atoms with Crippen LogP contribution in [0.2, 0.25) is 0 Å². The number of rotatable bonds is 7. The van der Waals surface area contributed by atoms with Gasteiger partial charge < -0.3 is 14.2 Å². The fourth-order valence-electron chi connectivity index (χ4n) is 4.04. The van der Waals surface area contributed by atoms with Gasteiger partial charge in [-0.05, 0) is 62.2 Å². The van der Waals surface area contributed by atoms with Crippen LogP contribution in [0.15, 0.2) is 48.5 Å².